The van der Waals surface area contributed by atoms with Crippen LogP contribution in [0.3, 0.4) is 0 Å². The first-order valence-corrected chi connectivity index (χ1v) is 7.55. The van der Waals surface area contributed by atoms with Gasteiger partial charge in [0.25, 0.3) is 0 Å². The fourth-order valence-electron chi connectivity index (χ4n) is 2.42. The number of ether oxygens (including phenoxy) is 1. The van der Waals surface area contributed by atoms with E-state index in [1.165, 1.54) is 11.3 Å². The van der Waals surface area contributed by atoms with E-state index in [4.69, 9.17) is 4.74 Å². The van der Waals surface area contributed by atoms with Crippen molar-refractivity contribution in [1.29, 1.82) is 0 Å². The molecular formula is C17H25N3O. The molecule has 0 bridgehead atoms. The molecule has 4 nitrogen and oxygen atoms in total. The highest BCUT2D eigenvalue weighted by Gasteiger charge is 2.09. The van der Waals surface area contributed by atoms with Crippen LogP contribution in [0.5, 0.6) is 0 Å². The van der Waals surface area contributed by atoms with Crippen molar-refractivity contribution in [3.8, 4) is 0 Å². The molecule has 114 valence electrons. The maximum absolute atomic E-state index is 5.04. The van der Waals surface area contributed by atoms with Crippen molar-refractivity contribution in [2.45, 2.75) is 32.4 Å². The Labute approximate surface area is 127 Å². The molecule has 21 heavy (non-hydrogen) atoms. The van der Waals surface area contributed by atoms with E-state index in [1.807, 2.05) is 12.5 Å². The van der Waals surface area contributed by atoms with Crippen LogP contribution in [0.2, 0.25) is 0 Å². The summed E-state index contributed by atoms with van der Waals surface area (Å²) < 4.78 is 7.31. The Morgan fingerprint density at radius 2 is 2.10 bits per heavy atom. The minimum absolute atomic E-state index is 0.451. The van der Waals surface area contributed by atoms with E-state index in [1.54, 1.807) is 7.11 Å². The van der Waals surface area contributed by atoms with Gasteiger partial charge in [0, 0.05) is 32.4 Å². The maximum atomic E-state index is 5.04. The second kappa shape index (κ2) is 8.60. The lowest BCUT2D eigenvalue weighted by Gasteiger charge is -2.17. The fraction of sp³-hybridized carbons (Fsp3) is 0.471. The van der Waals surface area contributed by atoms with Crippen LogP contribution in [0.25, 0.3) is 0 Å². The van der Waals surface area contributed by atoms with Gasteiger partial charge in [-0.3, -0.25) is 0 Å². The van der Waals surface area contributed by atoms with Crippen LogP contribution >= 0.6 is 0 Å². The monoisotopic (exact) mass is 287 g/mol. The van der Waals surface area contributed by atoms with Crippen molar-refractivity contribution >= 4 is 0 Å². The first kappa shape index (κ1) is 15.7. The predicted octanol–water partition coefficient (Wildman–Crippen LogP) is 2.81. The van der Waals surface area contributed by atoms with Gasteiger partial charge in [0.2, 0.25) is 0 Å². The third kappa shape index (κ3) is 4.99. The van der Waals surface area contributed by atoms with Gasteiger partial charge in [0.1, 0.15) is 0 Å². The van der Waals surface area contributed by atoms with Crippen molar-refractivity contribution in [3.05, 3.63) is 54.1 Å². The van der Waals surface area contributed by atoms with Crippen LogP contribution in [0.4, 0.5) is 0 Å². The lowest BCUT2D eigenvalue weighted by molar-refractivity contribution is 0.199. The number of nitrogens with zero attached hydrogens (tertiary/aromatic N) is 2. The standard InChI is InChI=1S/C17H25N3O/c1-15(8-9-16-6-4-3-5-7-16)20-14-19-13-17(20)12-18-10-11-21-2/h3-7,13-15,18H,8-12H2,1-2H3. The van der Waals surface area contributed by atoms with E-state index in [0.717, 1.165) is 32.5 Å². The largest absolute Gasteiger partial charge is 0.383 e. The van der Waals surface area contributed by atoms with Crippen molar-refractivity contribution in [1.82, 2.24) is 14.9 Å². The highest BCUT2D eigenvalue weighted by Crippen LogP contribution is 2.16. The van der Waals surface area contributed by atoms with Gasteiger partial charge in [-0.15, -0.1) is 0 Å². The molecule has 0 amide bonds. The lowest BCUT2D eigenvalue weighted by Crippen LogP contribution is -2.21. The quantitative estimate of drug-likeness (QED) is 0.721. The van der Waals surface area contributed by atoms with E-state index in [2.05, 4.69) is 52.1 Å². The third-order valence-electron chi connectivity index (χ3n) is 3.70. The molecule has 1 N–H and O–H groups in total. The molecule has 2 rings (SSSR count). The molecule has 0 saturated heterocycles. The van der Waals surface area contributed by atoms with E-state index in [-0.39, 0.29) is 0 Å². The number of hydrogen-bond acceptors (Lipinski definition) is 3. The number of aryl methyl sites for hydroxylation is 1. The second-order valence-corrected chi connectivity index (χ2v) is 5.34. The summed E-state index contributed by atoms with van der Waals surface area (Å²) in [7, 11) is 1.72. The molecule has 1 aromatic carbocycles. The van der Waals surface area contributed by atoms with Gasteiger partial charge in [-0.2, -0.15) is 0 Å². The molecule has 1 atom stereocenters. The zero-order valence-corrected chi connectivity index (χ0v) is 13.0. The van der Waals surface area contributed by atoms with Gasteiger partial charge in [-0.05, 0) is 25.3 Å². The van der Waals surface area contributed by atoms with Gasteiger partial charge < -0.3 is 14.6 Å². The van der Waals surface area contributed by atoms with Crippen molar-refractivity contribution in [2.75, 3.05) is 20.3 Å². The Morgan fingerprint density at radius 1 is 1.29 bits per heavy atom. The second-order valence-electron chi connectivity index (χ2n) is 5.34. The van der Waals surface area contributed by atoms with Gasteiger partial charge in [-0.25, -0.2) is 4.98 Å². The van der Waals surface area contributed by atoms with Crippen molar-refractivity contribution in [3.63, 3.8) is 0 Å². The molecule has 1 aromatic heterocycles. The molecule has 0 radical (unpaired) electrons. The van der Waals surface area contributed by atoms with Gasteiger partial charge in [0.15, 0.2) is 0 Å². The van der Waals surface area contributed by atoms with Crippen LogP contribution in [0.1, 0.15) is 30.6 Å². The molecular weight excluding hydrogens is 262 g/mol. The summed E-state index contributed by atoms with van der Waals surface area (Å²) in [6, 6.07) is 11.1. The number of imidazole rings is 1. The Kier molecular flexibility index (Phi) is 6.44. The molecule has 2 aromatic rings. The van der Waals surface area contributed by atoms with E-state index >= 15 is 0 Å². The van der Waals surface area contributed by atoms with Gasteiger partial charge in [-0.1, -0.05) is 30.3 Å². The molecule has 1 unspecified atom stereocenters. The topological polar surface area (TPSA) is 39.1 Å². The summed E-state index contributed by atoms with van der Waals surface area (Å²) in [5, 5.41) is 3.37. The normalized spacial score (nSPS) is 12.5. The number of rotatable bonds is 9. The Morgan fingerprint density at radius 3 is 2.86 bits per heavy atom. The first-order chi connectivity index (χ1) is 10.3. The van der Waals surface area contributed by atoms with E-state index in [0.29, 0.717) is 6.04 Å². The van der Waals surface area contributed by atoms with Crippen LogP contribution < -0.4 is 5.32 Å². The van der Waals surface area contributed by atoms with E-state index in [9.17, 15) is 0 Å². The Hall–Kier alpha value is -1.65. The number of methoxy groups -OCH3 is 1. The number of nitrogens with one attached hydrogen (secondary N) is 1. The molecule has 0 aliphatic heterocycles. The lowest BCUT2D eigenvalue weighted by atomic mass is 10.1. The maximum Gasteiger partial charge on any atom is 0.0951 e. The van der Waals surface area contributed by atoms with Crippen LogP contribution in [-0.2, 0) is 17.7 Å². The third-order valence-corrected chi connectivity index (χ3v) is 3.70. The summed E-state index contributed by atoms with van der Waals surface area (Å²) in [5.74, 6) is 0. The first-order valence-electron chi connectivity index (χ1n) is 7.55. The number of aromatic nitrogens is 2. The molecule has 0 saturated carbocycles. The summed E-state index contributed by atoms with van der Waals surface area (Å²) in [6.45, 7) is 4.68. The van der Waals surface area contributed by atoms with Gasteiger partial charge >= 0.3 is 0 Å². The summed E-state index contributed by atoms with van der Waals surface area (Å²) in [5.41, 5.74) is 2.62. The highest BCUT2D eigenvalue weighted by atomic mass is 16.5. The SMILES string of the molecule is COCCNCc1cncn1C(C)CCc1ccccc1. The minimum atomic E-state index is 0.451. The smallest absolute Gasteiger partial charge is 0.0951 e. The average Bonchev–Trinajstić information content (AvgIpc) is 2.99. The average molecular weight is 287 g/mol. The summed E-state index contributed by atoms with van der Waals surface area (Å²) in [4.78, 5) is 4.29. The number of benzene rings is 1. The molecule has 0 aliphatic carbocycles. The Balaban J connectivity index is 1.84. The highest BCUT2D eigenvalue weighted by molar-refractivity contribution is 5.14. The zero-order valence-electron chi connectivity index (χ0n) is 13.0. The van der Waals surface area contributed by atoms with Crippen LogP contribution in [-0.4, -0.2) is 29.8 Å². The summed E-state index contributed by atoms with van der Waals surface area (Å²) in [6.07, 6.45) is 6.09. The minimum Gasteiger partial charge on any atom is -0.383 e. The molecule has 4 heteroatoms. The predicted molar refractivity (Wildman–Crippen MR) is 85.3 cm³/mol. The zero-order chi connectivity index (χ0) is 14.9. The van der Waals surface area contributed by atoms with Crippen LogP contribution in [0, 0.1) is 0 Å². The summed E-state index contributed by atoms with van der Waals surface area (Å²) >= 11 is 0. The van der Waals surface area contributed by atoms with Gasteiger partial charge in [0.05, 0.1) is 18.6 Å². The molecule has 1 heterocycles. The van der Waals surface area contributed by atoms with Crippen molar-refractivity contribution < 1.29 is 4.74 Å². The molecule has 0 fully saturated rings. The van der Waals surface area contributed by atoms with Crippen molar-refractivity contribution in [2.24, 2.45) is 0 Å². The Bertz CT molecular complexity index is 510. The van der Waals surface area contributed by atoms with Crippen LogP contribution in [0.15, 0.2) is 42.9 Å². The molecule has 0 spiro atoms. The fourth-order valence-corrected chi connectivity index (χ4v) is 2.42. The molecule has 0 aliphatic rings. The number of hydrogen-bond donors (Lipinski definition) is 1. The van der Waals surface area contributed by atoms with E-state index < -0.39 is 0 Å².